The van der Waals surface area contributed by atoms with Crippen molar-refractivity contribution in [3.63, 3.8) is 0 Å². The number of rotatable bonds is 6. The Balaban J connectivity index is 1.50. The molecule has 27 heavy (non-hydrogen) atoms. The fourth-order valence-corrected chi connectivity index (χ4v) is 4.54. The van der Waals surface area contributed by atoms with Gasteiger partial charge in [0.05, 0.1) is 17.0 Å². The van der Waals surface area contributed by atoms with E-state index in [0.29, 0.717) is 16.5 Å². The van der Waals surface area contributed by atoms with E-state index < -0.39 is 5.25 Å². The van der Waals surface area contributed by atoms with Crippen molar-refractivity contribution >= 4 is 41.2 Å². The predicted octanol–water partition coefficient (Wildman–Crippen LogP) is 3.54. The van der Waals surface area contributed by atoms with Crippen molar-refractivity contribution in [1.82, 2.24) is 10.5 Å². The number of aromatic nitrogens is 1. The fraction of sp³-hybridized carbons (Fsp3) is 0.389. The first-order valence-corrected chi connectivity index (χ1v) is 10.5. The Morgan fingerprint density at radius 3 is 3.04 bits per heavy atom. The normalized spacial score (nSPS) is 17.1. The van der Waals surface area contributed by atoms with E-state index in [-0.39, 0.29) is 29.4 Å². The van der Waals surface area contributed by atoms with Gasteiger partial charge in [-0.1, -0.05) is 17.3 Å². The zero-order valence-corrected chi connectivity index (χ0v) is 16.6. The van der Waals surface area contributed by atoms with Gasteiger partial charge in [-0.05, 0) is 31.9 Å². The van der Waals surface area contributed by atoms with Crippen molar-refractivity contribution in [2.24, 2.45) is 0 Å². The maximum Gasteiger partial charge on any atom is 0.238 e. The van der Waals surface area contributed by atoms with Crippen molar-refractivity contribution in [2.45, 2.75) is 36.5 Å². The van der Waals surface area contributed by atoms with Crippen LogP contribution in [-0.2, 0) is 9.59 Å². The van der Waals surface area contributed by atoms with Crippen LogP contribution in [0.3, 0.4) is 0 Å². The quantitative estimate of drug-likeness (QED) is 0.759. The Hall–Kier alpha value is -2.00. The number of benzene rings is 1. The van der Waals surface area contributed by atoms with Crippen molar-refractivity contribution < 1.29 is 18.5 Å². The van der Waals surface area contributed by atoms with Crippen LogP contribution in [0.5, 0.6) is 0 Å². The van der Waals surface area contributed by atoms with E-state index in [1.807, 2.05) is 6.07 Å². The number of fused-ring (bicyclic) bond motifs is 1. The molecule has 2 atom stereocenters. The first kappa shape index (κ1) is 19.8. The van der Waals surface area contributed by atoms with Crippen molar-refractivity contribution in [3.05, 3.63) is 41.4 Å². The summed E-state index contributed by atoms with van der Waals surface area (Å²) in [5.74, 6) is 1.17. The smallest absolute Gasteiger partial charge is 0.238 e. The Kier molecular flexibility index (Phi) is 6.43. The monoisotopic (exact) mass is 409 g/mol. The number of anilines is 1. The number of carbonyl (C=O) groups excluding carboxylic acids is 2. The minimum absolute atomic E-state index is 0.140. The first-order valence-electron chi connectivity index (χ1n) is 8.50. The van der Waals surface area contributed by atoms with Crippen LogP contribution in [0.4, 0.5) is 10.2 Å². The van der Waals surface area contributed by atoms with Crippen LogP contribution in [0, 0.1) is 12.7 Å². The van der Waals surface area contributed by atoms with Crippen molar-refractivity contribution in [1.29, 1.82) is 0 Å². The molecule has 1 aromatic heterocycles. The Labute approximate surface area is 165 Å². The van der Waals surface area contributed by atoms with E-state index in [2.05, 4.69) is 15.8 Å². The van der Waals surface area contributed by atoms with Crippen LogP contribution in [-0.4, -0.2) is 33.7 Å². The van der Waals surface area contributed by atoms with Gasteiger partial charge in [0, 0.05) is 16.7 Å². The van der Waals surface area contributed by atoms with E-state index in [1.165, 1.54) is 29.6 Å². The van der Waals surface area contributed by atoms with Gasteiger partial charge in [-0.25, -0.2) is 4.39 Å². The van der Waals surface area contributed by atoms with E-state index in [0.717, 1.165) is 17.7 Å². The predicted molar refractivity (Wildman–Crippen MR) is 104 cm³/mol. The summed E-state index contributed by atoms with van der Waals surface area (Å²) in [5.41, 5.74) is 0.816. The van der Waals surface area contributed by atoms with Gasteiger partial charge in [0.2, 0.25) is 11.8 Å². The summed E-state index contributed by atoms with van der Waals surface area (Å²) in [6.45, 7) is 3.46. The van der Waals surface area contributed by atoms with Crippen LogP contribution in [0.15, 0.2) is 33.7 Å². The summed E-state index contributed by atoms with van der Waals surface area (Å²) in [4.78, 5) is 25.0. The maximum atomic E-state index is 13.9. The van der Waals surface area contributed by atoms with Gasteiger partial charge < -0.3 is 15.2 Å². The molecule has 1 aliphatic rings. The van der Waals surface area contributed by atoms with Crippen LogP contribution in [0.2, 0.25) is 0 Å². The third-order valence-corrected chi connectivity index (χ3v) is 6.38. The van der Waals surface area contributed by atoms with Crippen LogP contribution < -0.4 is 10.6 Å². The number of amides is 2. The van der Waals surface area contributed by atoms with Gasteiger partial charge in [0.15, 0.2) is 5.82 Å². The standard InChI is InChI=1S/C18H20FN3O3S2/c1-10-8-15(22-25-10)21-18(24)11(2)27-9-16(23)20-14-6-7-26-17-12(14)4-3-5-13(17)19/h3-5,8,11,14H,6-7,9H2,1-2H3,(H,20,23)(H,21,22,24)/t11-,14+/m1/s1. The summed E-state index contributed by atoms with van der Waals surface area (Å²) in [7, 11) is 0. The van der Waals surface area contributed by atoms with Gasteiger partial charge in [0.25, 0.3) is 0 Å². The zero-order valence-electron chi connectivity index (χ0n) is 15.0. The number of hydrogen-bond acceptors (Lipinski definition) is 6. The molecule has 144 valence electrons. The molecular weight excluding hydrogens is 389 g/mol. The van der Waals surface area contributed by atoms with Crippen LogP contribution in [0.1, 0.15) is 30.7 Å². The van der Waals surface area contributed by atoms with Gasteiger partial charge in [-0.2, -0.15) is 0 Å². The second-order valence-corrected chi connectivity index (χ2v) is 8.61. The lowest BCUT2D eigenvalue weighted by molar-refractivity contribution is -0.119. The van der Waals surface area contributed by atoms with Gasteiger partial charge in [-0.3, -0.25) is 9.59 Å². The third kappa shape index (κ3) is 5.04. The molecule has 2 aromatic rings. The van der Waals surface area contributed by atoms with E-state index >= 15 is 0 Å². The molecule has 6 nitrogen and oxygen atoms in total. The minimum Gasteiger partial charge on any atom is -0.360 e. The van der Waals surface area contributed by atoms with Crippen LogP contribution >= 0.6 is 23.5 Å². The highest BCUT2D eigenvalue weighted by Crippen LogP contribution is 2.37. The number of halogens is 1. The fourth-order valence-electron chi connectivity index (χ4n) is 2.70. The van der Waals surface area contributed by atoms with E-state index in [4.69, 9.17) is 4.52 Å². The molecule has 2 N–H and O–H groups in total. The highest BCUT2D eigenvalue weighted by atomic mass is 32.2. The highest BCUT2D eigenvalue weighted by molar-refractivity contribution is 8.01. The third-order valence-electron chi connectivity index (χ3n) is 4.07. The van der Waals surface area contributed by atoms with Gasteiger partial charge >= 0.3 is 0 Å². The molecule has 3 rings (SSSR count). The molecule has 1 aliphatic heterocycles. The number of carbonyl (C=O) groups is 2. The molecule has 0 aliphatic carbocycles. The lowest BCUT2D eigenvalue weighted by Gasteiger charge is -2.26. The molecule has 0 radical (unpaired) electrons. The molecule has 2 amide bonds. The summed E-state index contributed by atoms with van der Waals surface area (Å²) in [5, 5.41) is 8.88. The molecular formula is C18H20FN3O3S2. The number of nitrogens with zero attached hydrogens (tertiary/aromatic N) is 1. The van der Waals surface area contributed by atoms with E-state index in [9.17, 15) is 14.0 Å². The average Bonchev–Trinajstić information content (AvgIpc) is 3.05. The Morgan fingerprint density at radius 2 is 2.30 bits per heavy atom. The lowest BCUT2D eigenvalue weighted by atomic mass is 10.0. The summed E-state index contributed by atoms with van der Waals surface area (Å²) < 4.78 is 18.8. The Bertz CT molecular complexity index is 843. The molecule has 2 heterocycles. The molecule has 0 unspecified atom stereocenters. The Morgan fingerprint density at radius 1 is 1.48 bits per heavy atom. The number of thioether (sulfide) groups is 2. The largest absolute Gasteiger partial charge is 0.360 e. The number of hydrogen-bond donors (Lipinski definition) is 2. The van der Waals surface area contributed by atoms with Crippen molar-refractivity contribution in [3.8, 4) is 0 Å². The molecule has 0 fully saturated rings. The molecule has 0 bridgehead atoms. The topological polar surface area (TPSA) is 84.2 Å². The maximum absolute atomic E-state index is 13.9. The SMILES string of the molecule is Cc1cc(NC(=O)[C@@H](C)SCC(=O)N[C@H]2CCSc3c(F)cccc32)no1. The molecule has 9 heteroatoms. The summed E-state index contributed by atoms with van der Waals surface area (Å²) in [6.07, 6.45) is 0.749. The molecule has 0 saturated carbocycles. The second kappa shape index (κ2) is 8.79. The first-order chi connectivity index (χ1) is 12.9. The number of nitrogens with one attached hydrogen (secondary N) is 2. The molecule has 0 spiro atoms. The zero-order chi connectivity index (χ0) is 19.4. The van der Waals surface area contributed by atoms with Crippen molar-refractivity contribution in [2.75, 3.05) is 16.8 Å². The van der Waals surface area contributed by atoms with Gasteiger partial charge in [-0.15, -0.1) is 23.5 Å². The van der Waals surface area contributed by atoms with E-state index in [1.54, 1.807) is 26.0 Å². The average molecular weight is 410 g/mol. The van der Waals surface area contributed by atoms with Crippen LogP contribution in [0.25, 0.3) is 0 Å². The lowest BCUT2D eigenvalue weighted by Crippen LogP contribution is -2.33. The molecule has 1 aromatic carbocycles. The number of aryl methyl sites for hydroxylation is 1. The second-order valence-electron chi connectivity index (χ2n) is 6.18. The summed E-state index contributed by atoms with van der Waals surface area (Å²) >= 11 is 2.70. The molecule has 0 saturated heterocycles. The minimum atomic E-state index is -0.431. The van der Waals surface area contributed by atoms with Gasteiger partial charge in [0.1, 0.15) is 11.6 Å². The highest BCUT2D eigenvalue weighted by Gasteiger charge is 2.25. The summed E-state index contributed by atoms with van der Waals surface area (Å²) in [6, 6.07) is 6.36.